The van der Waals surface area contributed by atoms with E-state index in [9.17, 15) is 4.79 Å². The van der Waals surface area contributed by atoms with E-state index in [4.69, 9.17) is 10.5 Å². The molecule has 0 spiro atoms. The first-order valence-electron chi connectivity index (χ1n) is 6.76. The van der Waals surface area contributed by atoms with E-state index in [1.165, 1.54) is 0 Å². The van der Waals surface area contributed by atoms with Gasteiger partial charge in [-0.05, 0) is 26.3 Å². The fourth-order valence-electron chi connectivity index (χ4n) is 2.68. The second-order valence-electron chi connectivity index (χ2n) is 5.29. The van der Waals surface area contributed by atoms with Crippen molar-refractivity contribution < 1.29 is 9.53 Å². The SMILES string of the molecule is C[C@H](N)C(=O)N1[C@H](C)CO[C@H](c2ccccc2)[C@@H]1C. The Labute approximate surface area is 114 Å². The summed E-state index contributed by atoms with van der Waals surface area (Å²) in [5.41, 5.74) is 6.84. The third kappa shape index (κ3) is 2.80. The topological polar surface area (TPSA) is 55.6 Å². The van der Waals surface area contributed by atoms with Crippen LogP contribution < -0.4 is 5.73 Å². The number of rotatable bonds is 2. The molecule has 4 atom stereocenters. The molecule has 4 nitrogen and oxygen atoms in total. The fourth-order valence-corrected chi connectivity index (χ4v) is 2.68. The Kier molecular flexibility index (Phi) is 4.22. The third-order valence-electron chi connectivity index (χ3n) is 3.64. The number of morpholine rings is 1. The highest BCUT2D eigenvalue weighted by Crippen LogP contribution is 2.31. The van der Waals surface area contributed by atoms with Gasteiger partial charge in [-0.1, -0.05) is 30.3 Å². The summed E-state index contributed by atoms with van der Waals surface area (Å²) in [5.74, 6) is -0.00997. The second kappa shape index (κ2) is 5.72. The van der Waals surface area contributed by atoms with Gasteiger partial charge in [0.1, 0.15) is 6.10 Å². The van der Waals surface area contributed by atoms with Gasteiger partial charge in [0.2, 0.25) is 5.91 Å². The van der Waals surface area contributed by atoms with E-state index in [1.807, 2.05) is 49.1 Å². The van der Waals surface area contributed by atoms with Crippen LogP contribution in [0.15, 0.2) is 30.3 Å². The van der Waals surface area contributed by atoms with Crippen LogP contribution in [0.2, 0.25) is 0 Å². The van der Waals surface area contributed by atoms with Crippen LogP contribution >= 0.6 is 0 Å². The van der Waals surface area contributed by atoms with E-state index < -0.39 is 6.04 Å². The number of hydrogen-bond acceptors (Lipinski definition) is 3. The van der Waals surface area contributed by atoms with Crippen molar-refractivity contribution in [3.05, 3.63) is 35.9 Å². The Hall–Kier alpha value is -1.39. The van der Waals surface area contributed by atoms with Gasteiger partial charge in [-0.2, -0.15) is 0 Å². The highest BCUT2D eigenvalue weighted by atomic mass is 16.5. The minimum Gasteiger partial charge on any atom is -0.369 e. The molecule has 0 radical (unpaired) electrons. The van der Waals surface area contributed by atoms with Gasteiger partial charge in [0, 0.05) is 0 Å². The number of nitrogens with two attached hydrogens (primary N) is 1. The van der Waals surface area contributed by atoms with E-state index >= 15 is 0 Å². The summed E-state index contributed by atoms with van der Waals surface area (Å²) in [5, 5.41) is 0. The Morgan fingerprint density at radius 2 is 2.00 bits per heavy atom. The van der Waals surface area contributed by atoms with Gasteiger partial charge in [0.15, 0.2) is 0 Å². The smallest absolute Gasteiger partial charge is 0.239 e. The molecule has 0 bridgehead atoms. The van der Waals surface area contributed by atoms with Crippen molar-refractivity contribution in [2.45, 2.75) is 45.0 Å². The zero-order valence-electron chi connectivity index (χ0n) is 11.7. The molecule has 1 aliphatic heterocycles. The van der Waals surface area contributed by atoms with Crippen molar-refractivity contribution in [2.24, 2.45) is 5.73 Å². The van der Waals surface area contributed by atoms with Crippen LogP contribution in [0.4, 0.5) is 0 Å². The van der Waals surface area contributed by atoms with Gasteiger partial charge in [-0.3, -0.25) is 4.79 Å². The van der Waals surface area contributed by atoms with Crippen LogP contribution in [-0.4, -0.2) is 35.5 Å². The molecule has 1 amide bonds. The number of carbonyl (C=O) groups excluding carboxylic acids is 1. The van der Waals surface area contributed by atoms with Gasteiger partial charge in [0.25, 0.3) is 0 Å². The van der Waals surface area contributed by atoms with Gasteiger partial charge < -0.3 is 15.4 Å². The molecule has 104 valence electrons. The lowest BCUT2D eigenvalue weighted by Crippen LogP contribution is -2.57. The number of ether oxygens (including phenoxy) is 1. The van der Waals surface area contributed by atoms with Crippen molar-refractivity contribution in [1.29, 1.82) is 0 Å². The average Bonchev–Trinajstić information content (AvgIpc) is 2.39. The lowest BCUT2D eigenvalue weighted by molar-refractivity contribution is -0.154. The zero-order valence-corrected chi connectivity index (χ0v) is 11.7. The Morgan fingerprint density at radius 1 is 1.37 bits per heavy atom. The maximum atomic E-state index is 12.2. The monoisotopic (exact) mass is 262 g/mol. The molecule has 0 aromatic heterocycles. The number of nitrogens with zero attached hydrogens (tertiary/aromatic N) is 1. The highest BCUT2D eigenvalue weighted by Gasteiger charge is 2.37. The predicted octanol–water partition coefficient (Wildman–Crippen LogP) is 1.71. The maximum Gasteiger partial charge on any atom is 0.239 e. The summed E-state index contributed by atoms with van der Waals surface area (Å²) in [6, 6.07) is 9.60. The molecule has 0 saturated carbocycles. The molecule has 1 saturated heterocycles. The fraction of sp³-hybridized carbons (Fsp3) is 0.533. The van der Waals surface area contributed by atoms with E-state index in [0.717, 1.165) is 5.56 Å². The van der Waals surface area contributed by atoms with Crippen LogP contribution in [0.25, 0.3) is 0 Å². The highest BCUT2D eigenvalue weighted by molar-refractivity contribution is 5.82. The van der Waals surface area contributed by atoms with Crippen LogP contribution in [0.5, 0.6) is 0 Å². The Bertz CT molecular complexity index is 433. The first kappa shape index (κ1) is 14.0. The molecule has 0 aliphatic carbocycles. The number of hydrogen-bond donors (Lipinski definition) is 1. The summed E-state index contributed by atoms with van der Waals surface area (Å²) in [7, 11) is 0. The summed E-state index contributed by atoms with van der Waals surface area (Å²) in [6.45, 7) is 6.29. The summed E-state index contributed by atoms with van der Waals surface area (Å²) in [6.07, 6.45) is -0.0832. The van der Waals surface area contributed by atoms with Crippen LogP contribution in [0.1, 0.15) is 32.4 Å². The summed E-state index contributed by atoms with van der Waals surface area (Å²) >= 11 is 0. The van der Waals surface area contributed by atoms with Crippen molar-refractivity contribution in [3.63, 3.8) is 0 Å². The predicted molar refractivity (Wildman–Crippen MR) is 74.6 cm³/mol. The standard InChI is InChI=1S/C15H22N2O2/c1-10-9-19-14(13-7-5-4-6-8-13)12(3)17(10)15(18)11(2)16/h4-8,10-12,14H,9,16H2,1-3H3/t10-,11+,12+,14+/m1/s1. The minimum atomic E-state index is -0.473. The average molecular weight is 262 g/mol. The molecule has 4 heteroatoms. The molecule has 2 N–H and O–H groups in total. The third-order valence-corrected chi connectivity index (χ3v) is 3.64. The van der Waals surface area contributed by atoms with Crippen molar-refractivity contribution in [2.75, 3.05) is 6.61 Å². The van der Waals surface area contributed by atoms with E-state index in [0.29, 0.717) is 6.61 Å². The second-order valence-corrected chi connectivity index (χ2v) is 5.29. The molecule has 1 fully saturated rings. The normalized spacial score (nSPS) is 29.1. The van der Waals surface area contributed by atoms with Gasteiger partial charge in [-0.25, -0.2) is 0 Å². The van der Waals surface area contributed by atoms with Crippen molar-refractivity contribution >= 4 is 5.91 Å². The molecule has 19 heavy (non-hydrogen) atoms. The Balaban J connectivity index is 2.23. The molecular formula is C15H22N2O2. The quantitative estimate of drug-likeness (QED) is 0.882. The van der Waals surface area contributed by atoms with Crippen LogP contribution in [0.3, 0.4) is 0 Å². The van der Waals surface area contributed by atoms with E-state index in [-0.39, 0.29) is 24.1 Å². The van der Waals surface area contributed by atoms with E-state index in [1.54, 1.807) is 6.92 Å². The van der Waals surface area contributed by atoms with Crippen molar-refractivity contribution in [3.8, 4) is 0 Å². The van der Waals surface area contributed by atoms with Gasteiger partial charge in [-0.15, -0.1) is 0 Å². The maximum absolute atomic E-state index is 12.2. The molecule has 2 rings (SSSR count). The molecule has 0 unspecified atom stereocenters. The van der Waals surface area contributed by atoms with Crippen LogP contribution in [-0.2, 0) is 9.53 Å². The number of amides is 1. The zero-order chi connectivity index (χ0) is 14.0. The first-order valence-corrected chi connectivity index (χ1v) is 6.76. The first-order chi connectivity index (χ1) is 9.02. The molecule has 1 aromatic rings. The summed E-state index contributed by atoms with van der Waals surface area (Å²) in [4.78, 5) is 14.1. The van der Waals surface area contributed by atoms with Gasteiger partial charge >= 0.3 is 0 Å². The van der Waals surface area contributed by atoms with Gasteiger partial charge in [0.05, 0.1) is 24.7 Å². The molecule has 1 heterocycles. The summed E-state index contributed by atoms with van der Waals surface area (Å²) < 4.78 is 5.91. The largest absolute Gasteiger partial charge is 0.369 e. The minimum absolute atomic E-state index is 0.00958. The van der Waals surface area contributed by atoms with Crippen LogP contribution in [0, 0.1) is 0 Å². The number of benzene rings is 1. The number of carbonyl (C=O) groups is 1. The molecule has 1 aliphatic rings. The Morgan fingerprint density at radius 3 is 2.58 bits per heavy atom. The van der Waals surface area contributed by atoms with Crippen molar-refractivity contribution in [1.82, 2.24) is 4.90 Å². The lowest BCUT2D eigenvalue weighted by atomic mass is 9.98. The lowest BCUT2D eigenvalue weighted by Gasteiger charge is -2.44. The molecule has 1 aromatic carbocycles. The molecular weight excluding hydrogens is 240 g/mol. The van der Waals surface area contributed by atoms with E-state index in [2.05, 4.69) is 0 Å².